The molecule has 86 valence electrons. The van der Waals surface area contributed by atoms with Crippen molar-refractivity contribution in [3.05, 3.63) is 32.4 Å². The molecule has 1 aromatic carbocycles. The van der Waals surface area contributed by atoms with Gasteiger partial charge < -0.3 is 15.7 Å². The quantitative estimate of drug-likeness (QED) is 0.560. The van der Waals surface area contributed by atoms with Gasteiger partial charge >= 0.3 is 0 Å². The number of fused-ring (bicyclic) bond motifs is 1. The number of benzene rings is 1. The zero-order valence-electron chi connectivity index (χ0n) is 8.72. The molecule has 1 aliphatic heterocycles. The van der Waals surface area contributed by atoms with Crippen LogP contribution in [0.4, 0.5) is 0 Å². The van der Waals surface area contributed by atoms with Crippen LogP contribution in [-0.4, -0.2) is 24.2 Å². The van der Waals surface area contributed by atoms with Crippen molar-refractivity contribution < 1.29 is 9.90 Å². The van der Waals surface area contributed by atoms with Crippen molar-refractivity contribution in [2.24, 2.45) is 0 Å². The van der Waals surface area contributed by atoms with E-state index in [2.05, 4.69) is 33.2 Å². The second-order valence-electron chi connectivity index (χ2n) is 3.69. The highest BCUT2D eigenvalue weighted by molar-refractivity contribution is 14.1. The number of aliphatic hydroxyl groups is 1. The van der Waals surface area contributed by atoms with Gasteiger partial charge in [0.2, 0.25) is 0 Å². The number of hydrogen-bond donors (Lipinski definition) is 3. The van der Waals surface area contributed by atoms with E-state index in [9.17, 15) is 4.79 Å². The second kappa shape index (κ2) is 5.11. The maximum absolute atomic E-state index is 11.5. The molecule has 0 bridgehead atoms. The first kappa shape index (κ1) is 11.8. The molecule has 5 heteroatoms. The van der Waals surface area contributed by atoms with E-state index in [4.69, 9.17) is 5.11 Å². The van der Waals surface area contributed by atoms with Gasteiger partial charge in [0.05, 0.1) is 12.2 Å². The Labute approximate surface area is 108 Å². The summed E-state index contributed by atoms with van der Waals surface area (Å²) in [4.78, 5) is 11.5. The first-order chi connectivity index (χ1) is 7.72. The van der Waals surface area contributed by atoms with Gasteiger partial charge in [0, 0.05) is 23.2 Å². The van der Waals surface area contributed by atoms with Crippen LogP contribution in [0.25, 0.3) is 0 Å². The molecule has 0 atom stereocenters. The summed E-state index contributed by atoms with van der Waals surface area (Å²) in [5.74, 6) is 0.0225. The van der Waals surface area contributed by atoms with Crippen molar-refractivity contribution in [3.63, 3.8) is 0 Å². The third-order valence-electron chi connectivity index (χ3n) is 2.52. The summed E-state index contributed by atoms with van der Waals surface area (Å²) >= 11 is 2.19. The molecular weight excluding hydrogens is 319 g/mol. The summed E-state index contributed by atoms with van der Waals surface area (Å²) in [6.45, 7) is 2.07. The molecule has 0 radical (unpaired) electrons. The number of aliphatic hydroxyl groups excluding tert-OH is 1. The van der Waals surface area contributed by atoms with Crippen molar-refractivity contribution in [3.8, 4) is 0 Å². The highest BCUT2D eigenvalue weighted by Gasteiger charge is 2.22. The Kier molecular flexibility index (Phi) is 3.78. The number of carbonyl (C=O) groups is 1. The minimum atomic E-state index is 0.0225. The van der Waals surface area contributed by atoms with Gasteiger partial charge in [-0.3, -0.25) is 4.79 Å². The predicted octanol–water partition coefficient (Wildman–Crippen LogP) is 0.617. The average molecular weight is 332 g/mol. The van der Waals surface area contributed by atoms with Crippen molar-refractivity contribution in [2.75, 3.05) is 13.2 Å². The molecule has 1 heterocycles. The number of rotatable bonds is 4. The van der Waals surface area contributed by atoms with Gasteiger partial charge in [-0.25, -0.2) is 0 Å². The first-order valence-electron chi connectivity index (χ1n) is 5.13. The average Bonchev–Trinajstić information content (AvgIpc) is 2.61. The lowest BCUT2D eigenvalue weighted by atomic mass is 10.1. The topological polar surface area (TPSA) is 61.4 Å². The zero-order valence-corrected chi connectivity index (χ0v) is 10.9. The van der Waals surface area contributed by atoms with Crippen molar-refractivity contribution in [2.45, 2.75) is 13.1 Å². The normalized spacial score (nSPS) is 13.8. The third kappa shape index (κ3) is 2.36. The lowest BCUT2D eigenvalue weighted by molar-refractivity contribution is 0.0965. The van der Waals surface area contributed by atoms with Gasteiger partial charge in [-0.2, -0.15) is 0 Å². The van der Waals surface area contributed by atoms with E-state index >= 15 is 0 Å². The lowest BCUT2D eigenvalue weighted by Gasteiger charge is -2.06. The minimum absolute atomic E-state index is 0.0225. The Balaban J connectivity index is 2.18. The Morgan fingerprint density at radius 3 is 3.06 bits per heavy atom. The van der Waals surface area contributed by atoms with Crippen molar-refractivity contribution in [1.82, 2.24) is 10.6 Å². The summed E-state index contributed by atoms with van der Waals surface area (Å²) in [6, 6.07) is 4.05. The molecule has 16 heavy (non-hydrogen) atoms. The van der Waals surface area contributed by atoms with E-state index in [-0.39, 0.29) is 12.5 Å². The van der Waals surface area contributed by atoms with Crippen molar-refractivity contribution in [1.29, 1.82) is 0 Å². The van der Waals surface area contributed by atoms with Crippen LogP contribution >= 0.6 is 22.6 Å². The summed E-state index contributed by atoms with van der Waals surface area (Å²) in [5.41, 5.74) is 3.03. The van der Waals surface area contributed by atoms with Gasteiger partial charge in [-0.05, 0) is 39.8 Å². The Morgan fingerprint density at radius 1 is 1.50 bits per heavy atom. The Morgan fingerprint density at radius 2 is 2.31 bits per heavy atom. The van der Waals surface area contributed by atoms with Crippen LogP contribution < -0.4 is 10.6 Å². The van der Waals surface area contributed by atoms with Crippen LogP contribution in [0, 0.1) is 3.57 Å². The zero-order chi connectivity index (χ0) is 11.5. The highest BCUT2D eigenvalue weighted by atomic mass is 127. The summed E-state index contributed by atoms with van der Waals surface area (Å²) in [6.07, 6.45) is 0. The van der Waals surface area contributed by atoms with E-state index in [0.717, 1.165) is 26.8 Å². The van der Waals surface area contributed by atoms with E-state index in [0.29, 0.717) is 13.1 Å². The Hall–Kier alpha value is -0.660. The fourth-order valence-corrected chi connectivity index (χ4v) is 2.79. The van der Waals surface area contributed by atoms with Crippen LogP contribution in [-0.2, 0) is 13.1 Å². The molecule has 0 saturated heterocycles. The highest BCUT2D eigenvalue weighted by Crippen LogP contribution is 2.23. The lowest BCUT2D eigenvalue weighted by Crippen LogP contribution is -2.17. The number of nitrogens with one attached hydrogen (secondary N) is 2. The molecule has 0 fully saturated rings. The fraction of sp³-hybridized carbons (Fsp3) is 0.364. The van der Waals surface area contributed by atoms with Gasteiger partial charge in [-0.15, -0.1) is 0 Å². The molecule has 2 rings (SSSR count). The van der Waals surface area contributed by atoms with Crippen LogP contribution in [0.1, 0.15) is 21.5 Å². The molecule has 1 aliphatic rings. The van der Waals surface area contributed by atoms with Crippen LogP contribution in [0.2, 0.25) is 0 Å². The standard InChI is InChI=1S/C11H13IN2O2/c12-9-4-7(5-13-1-2-15)3-8-6-14-11(16)10(8)9/h3-4,13,15H,1-2,5-6H2,(H,14,16). The van der Waals surface area contributed by atoms with Gasteiger partial charge in [0.25, 0.3) is 5.91 Å². The molecule has 3 N–H and O–H groups in total. The van der Waals surface area contributed by atoms with Gasteiger partial charge in [0.1, 0.15) is 0 Å². The molecule has 0 saturated carbocycles. The van der Waals surface area contributed by atoms with E-state index in [1.54, 1.807) is 0 Å². The Bertz CT molecular complexity index is 421. The molecule has 1 aromatic rings. The third-order valence-corrected chi connectivity index (χ3v) is 3.37. The minimum Gasteiger partial charge on any atom is -0.395 e. The van der Waals surface area contributed by atoms with E-state index < -0.39 is 0 Å². The molecule has 0 aromatic heterocycles. The number of amides is 1. The smallest absolute Gasteiger partial charge is 0.252 e. The second-order valence-corrected chi connectivity index (χ2v) is 4.86. The molecule has 0 spiro atoms. The largest absolute Gasteiger partial charge is 0.395 e. The molecule has 0 unspecified atom stereocenters. The van der Waals surface area contributed by atoms with Crippen LogP contribution in [0.15, 0.2) is 12.1 Å². The van der Waals surface area contributed by atoms with Crippen LogP contribution in [0.5, 0.6) is 0 Å². The van der Waals surface area contributed by atoms with E-state index in [1.807, 2.05) is 12.1 Å². The summed E-state index contributed by atoms with van der Waals surface area (Å²) in [7, 11) is 0. The molecule has 4 nitrogen and oxygen atoms in total. The number of halogens is 1. The maximum atomic E-state index is 11.5. The summed E-state index contributed by atoms with van der Waals surface area (Å²) < 4.78 is 0.992. The van der Waals surface area contributed by atoms with Gasteiger partial charge in [-0.1, -0.05) is 6.07 Å². The fourth-order valence-electron chi connectivity index (χ4n) is 1.80. The molecule has 1 amide bonds. The predicted molar refractivity (Wildman–Crippen MR) is 69.1 cm³/mol. The SMILES string of the molecule is O=C1NCc2cc(CNCCO)cc(I)c21. The summed E-state index contributed by atoms with van der Waals surface area (Å²) in [5, 5.41) is 14.6. The van der Waals surface area contributed by atoms with E-state index in [1.165, 1.54) is 0 Å². The monoisotopic (exact) mass is 332 g/mol. The molecule has 0 aliphatic carbocycles. The number of hydrogen-bond acceptors (Lipinski definition) is 3. The maximum Gasteiger partial charge on any atom is 0.252 e. The number of carbonyl (C=O) groups excluding carboxylic acids is 1. The first-order valence-corrected chi connectivity index (χ1v) is 6.21. The van der Waals surface area contributed by atoms with Crippen molar-refractivity contribution >= 4 is 28.5 Å². The van der Waals surface area contributed by atoms with Gasteiger partial charge in [0.15, 0.2) is 0 Å². The van der Waals surface area contributed by atoms with Crippen LogP contribution in [0.3, 0.4) is 0 Å². The molecular formula is C11H13IN2O2.